The van der Waals surface area contributed by atoms with Crippen LogP contribution >= 0.6 is 11.6 Å². The van der Waals surface area contributed by atoms with Crippen molar-refractivity contribution in [3.63, 3.8) is 0 Å². The lowest BCUT2D eigenvalue weighted by atomic mass is 10.0. The molecule has 0 aromatic heterocycles. The maximum Gasteiger partial charge on any atom is 0.247 e. The first-order valence-electron chi connectivity index (χ1n) is 13.7. The van der Waals surface area contributed by atoms with Crippen LogP contribution in [0.4, 0.5) is 17.1 Å². The summed E-state index contributed by atoms with van der Waals surface area (Å²) in [6.07, 6.45) is 3.72. The Morgan fingerprint density at radius 2 is 1.84 bits per heavy atom. The van der Waals surface area contributed by atoms with E-state index in [9.17, 15) is 14.4 Å². The van der Waals surface area contributed by atoms with Crippen molar-refractivity contribution in [2.45, 2.75) is 32.7 Å². The predicted molar refractivity (Wildman–Crippen MR) is 171 cm³/mol. The summed E-state index contributed by atoms with van der Waals surface area (Å²) in [7, 11) is 0. The maximum absolute atomic E-state index is 13.8. The van der Waals surface area contributed by atoms with E-state index in [-0.39, 0.29) is 19.5 Å². The maximum atomic E-state index is 13.8. The van der Waals surface area contributed by atoms with E-state index in [0.717, 1.165) is 39.3 Å². The number of benzene rings is 3. The minimum Gasteiger partial charge on any atom is -0.404 e. The molecule has 0 radical (unpaired) electrons. The number of piperazine rings is 1. The van der Waals surface area contributed by atoms with Crippen molar-refractivity contribution in [1.82, 2.24) is 4.90 Å². The van der Waals surface area contributed by atoms with Gasteiger partial charge in [-0.25, -0.2) is 5.84 Å². The van der Waals surface area contributed by atoms with E-state index in [1.807, 2.05) is 43.3 Å². The number of halogens is 1. The van der Waals surface area contributed by atoms with Gasteiger partial charge in [-0.15, -0.1) is 0 Å². The summed E-state index contributed by atoms with van der Waals surface area (Å²) in [4.78, 5) is 43.6. The number of nitrogens with zero attached hydrogens (tertiary/aromatic N) is 4. The lowest BCUT2D eigenvalue weighted by Crippen LogP contribution is -2.60. The second-order valence-electron chi connectivity index (χ2n) is 10.1. The summed E-state index contributed by atoms with van der Waals surface area (Å²) >= 11 is 6.23. The average molecular weight is 603 g/mol. The molecule has 0 aliphatic carbocycles. The molecule has 4 rings (SSSR count). The van der Waals surface area contributed by atoms with Crippen LogP contribution in [-0.2, 0) is 20.8 Å². The van der Waals surface area contributed by atoms with Crippen LogP contribution in [0.1, 0.15) is 25.8 Å². The van der Waals surface area contributed by atoms with Crippen molar-refractivity contribution in [2.24, 2.45) is 22.5 Å². The first-order chi connectivity index (χ1) is 20.7. The Morgan fingerprint density at radius 1 is 1.09 bits per heavy atom. The molecule has 3 aromatic rings. The van der Waals surface area contributed by atoms with Gasteiger partial charge in [0.05, 0.1) is 11.4 Å². The van der Waals surface area contributed by atoms with Crippen LogP contribution in [0.3, 0.4) is 0 Å². The van der Waals surface area contributed by atoms with Gasteiger partial charge in [-0.2, -0.15) is 5.10 Å². The number of hydrogen-bond donors (Lipinski definition) is 4. The Bertz CT molecular complexity index is 1660. The molecule has 11 nitrogen and oxygen atoms in total. The lowest BCUT2D eigenvalue weighted by molar-refractivity contribution is -0.143. The van der Waals surface area contributed by atoms with Crippen LogP contribution in [0.25, 0.3) is 11.8 Å². The summed E-state index contributed by atoms with van der Waals surface area (Å²) in [5.41, 5.74) is 9.08. The van der Waals surface area contributed by atoms with Gasteiger partial charge in [0.25, 0.3) is 0 Å². The summed E-state index contributed by atoms with van der Waals surface area (Å²) in [6, 6.07) is 18.6. The summed E-state index contributed by atoms with van der Waals surface area (Å²) in [6.45, 7) is 3.43. The summed E-state index contributed by atoms with van der Waals surface area (Å²) < 4.78 is 0. The molecule has 1 aliphatic rings. The fourth-order valence-corrected chi connectivity index (χ4v) is 5.13. The predicted octanol–water partition coefficient (Wildman–Crippen LogP) is 1.62. The van der Waals surface area contributed by atoms with E-state index < -0.39 is 23.8 Å². The Labute approximate surface area is 254 Å². The Hall–Kier alpha value is -4.87. The fraction of sp³-hybridized carbons (Fsp3) is 0.226. The molecule has 1 atom stereocenters. The lowest BCUT2D eigenvalue weighted by Gasteiger charge is -2.38. The molecule has 1 aliphatic heterocycles. The Kier molecular flexibility index (Phi) is 10.0. The van der Waals surface area contributed by atoms with Crippen molar-refractivity contribution in [1.29, 1.82) is 0 Å². The highest BCUT2D eigenvalue weighted by Crippen LogP contribution is 2.32. The zero-order valence-corrected chi connectivity index (χ0v) is 24.8. The minimum absolute atomic E-state index is 0.203. The number of hydrazine groups is 1. The minimum atomic E-state index is -0.968. The highest BCUT2D eigenvalue weighted by atomic mass is 35.5. The van der Waals surface area contributed by atoms with E-state index in [1.165, 1.54) is 22.1 Å². The molecule has 3 amide bonds. The molecule has 224 valence electrons. The second-order valence-corrected chi connectivity index (χ2v) is 10.5. The Balaban J connectivity index is 1.66. The zero-order valence-electron chi connectivity index (χ0n) is 24.0. The largest absolute Gasteiger partial charge is 0.404 e. The fourth-order valence-electron chi connectivity index (χ4n) is 4.97. The van der Waals surface area contributed by atoms with Crippen molar-refractivity contribution < 1.29 is 14.4 Å². The zero-order chi connectivity index (χ0) is 31.1. The molecule has 3 aromatic carbocycles. The number of rotatable bonds is 9. The third-order valence-electron chi connectivity index (χ3n) is 7.36. The van der Waals surface area contributed by atoms with Crippen LogP contribution in [0.5, 0.6) is 0 Å². The van der Waals surface area contributed by atoms with Crippen molar-refractivity contribution >= 4 is 64.5 Å². The molecule has 0 saturated carbocycles. The quantitative estimate of drug-likeness (QED) is 0.125. The molecule has 1 heterocycles. The van der Waals surface area contributed by atoms with Gasteiger partial charge in [0.1, 0.15) is 25.5 Å². The van der Waals surface area contributed by atoms with E-state index in [4.69, 9.17) is 29.0 Å². The van der Waals surface area contributed by atoms with Gasteiger partial charge in [0, 0.05) is 23.3 Å². The second kappa shape index (κ2) is 13.9. The highest BCUT2D eigenvalue weighted by molar-refractivity contribution is 6.31. The standard InChI is InChI=1S/C31H35ClN8O3/c1-3-20(2)25-11-10-24(14-22(25)16-33)37-31(43)28(13-21-7-5-4-6-8-21)39-18-29(41)38(17-30(39)42)27-15-23(32)9-12-26(27)40(35)19-36-34/h4-12,14-16,19,28H,3,13,17-18,33-35H2,1-2H3,(H,37,43)/b22-16-,25-20-,36-19-. The number of carbonyl (C=O) groups excluding carboxylic acids is 3. The third-order valence-corrected chi connectivity index (χ3v) is 7.59. The number of nitrogens with one attached hydrogen (secondary N) is 1. The Morgan fingerprint density at radius 3 is 2.51 bits per heavy atom. The van der Waals surface area contributed by atoms with E-state index in [2.05, 4.69) is 17.3 Å². The summed E-state index contributed by atoms with van der Waals surface area (Å²) in [5, 5.41) is 9.59. The van der Waals surface area contributed by atoms with Gasteiger partial charge >= 0.3 is 0 Å². The van der Waals surface area contributed by atoms with E-state index in [0.29, 0.717) is 22.1 Å². The third kappa shape index (κ3) is 7.14. The van der Waals surface area contributed by atoms with Gasteiger partial charge in [-0.1, -0.05) is 60.5 Å². The first-order valence-corrected chi connectivity index (χ1v) is 14.1. The SMILES string of the molecule is CC/C(C)=c1/ccc(NC(=O)C(Cc2ccccc2)N2CC(=O)N(c3cc(Cl)ccc3N(N)/C=N\N)CC2=O)c/c1=C/N. The summed E-state index contributed by atoms with van der Waals surface area (Å²) in [5.74, 6) is 10.0. The molecular weight excluding hydrogens is 568 g/mol. The van der Waals surface area contributed by atoms with Crippen molar-refractivity contribution in [3.05, 3.63) is 87.8 Å². The molecule has 43 heavy (non-hydrogen) atoms. The van der Waals surface area contributed by atoms with Crippen LogP contribution in [0, 0.1) is 0 Å². The molecule has 1 saturated heterocycles. The molecule has 1 fully saturated rings. The highest BCUT2D eigenvalue weighted by Gasteiger charge is 2.39. The number of amides is 3. The number of hydrazone groups is 1. The molecule has 7 N–H and O–H groups in total. The monoisotopic (exact) mass is 602 g/mol. The molecule has 12 heteroatoms. The number of carbonyl (C=O) groups is 3. The average Bonchev–Trinajstić information content (AvgIpc) is 3.01. The number of anilines is 3. The molecule has 0 bridgehead atoms. The molecular formula is C31H35ClN8O3. The van der Waals surface area contributed by atoms with Crippen LogP contribution < -0.4 is 43.1 Å². The first kappa shape index (κ1) is 31.1. The van der Waals surface area contributed by atoms with Crippen LogP contribution in [-0.4, -0.2) is 48.1 Å². The smallest absolute Gasteiger partial charge is 0.247 e. The topological polar surface area (TPSA) is 163 Å². The van der Waals surface area contributed by atoms with Crippen LogP contribution in [0.15, 0.2) is 71.8 Å². The van der Waals surface area contributed by atoms with Crippen LogP contribution in [0.2, 0.25) is 5.02 Å². The van der Waals surface area contributed by atoms with Gasteiger partial charge in [0.15, 0.2) is 0 Å². The number of nitrogens with two attached hydrogens (primary N) is 3. The molecule has 0 spiro atoms. The van der Waals surface area contributed by atoms with E-state index >= 15 is 0 Å². The molecule has 1 unspecified atom stereocenters. The van der Waals surface area contributed by atoms with Crippen molar-refractivity contribution in [3.8, 4) is 0 Å². The van der Waals surface area contributed by atoms with Gasteiger partial charge in [-0.05, 0) is 59.7 Å². The van der Waals surface area contributed by atoms with Crippen molar-refractivity contribution in [2.75, 3.05) is 28.3 Å². The number of hydrogen-bond acceptors (Lipinski definition) is 7. The normalized spacial score (nSPS) is 15.6. The van der Waals surface area contributed by atoms with Gasteiger partial charge in [0.2, 0.25) is 17.7 Å². The van der Waals surface area contributed by atoms with Gasteiger partial charge in [-0.3, -0.25) is 24.3 Å². The van der Waals surface area contributed by atoms with E-state index in [1.54, 1.807) is 24.3 Å². The van der Waals surface area contributed by atoms with Gasteiger partial charge < -0.3 is 21.8 Å².